The zero-order valence-corrected chi connectivity index (χ0v) is 13.9. The molecule has 0 fully saturated rings. The molecule has 1 aliphatic rings. The van der Waals surface area contributed by atoms with E-state index in [1.54, 1.807) is 12.1 Å². The molecule has 9 nitrogen and oxygen atoms in total. The van der Waals surface area contributed by atoms with E-state index in [0.717, 1.165) is 0 Å². The summed E-state index contributed by atoms with van der Waals surface area (Å²) >= 11 is 0. The van der Waals surface area contributed by atoms with Crippen LogP contribution in [-0.4, -0.2) is 39.1 Å². The summed E-state index contributed by atoms with van der Waals surface area (Å²) in [4.78, 5) is 25.5. The number of aromatic nitrogens is 4. The minimum absolute atomic E-state index is 0.00568. The minimum atomic E-state index is -0.960. The zero-order chi connectivity index (χ0) is 19.0. The number of nitrogens with zero attached hydrogens (tertiary/aromatic N) is 4. The first kappa shape index (κ1) is 16.6. The van der Waals surface area contributed by atoms with Crippen molar-refractivity contribution in [1.29, 1.82) is 0 Å². The van der Waals surface area contributed by atoms with Gasteiger partial charge in [-0.15, -0.1) is 0 Å². The smallest absolute Gasteiger partial charge is 0.355 e. The fraction of sp³-hybridized carbons (Fsp3) is 0.118. The fourth-order valence-electron chi connectivity index (χ4n) is 2.91. The first-order chi connectivity index (χ1) is 13.1. The monoisotopic (exact) mass is 369 g/mol. The fourth-order valence-corrected chi connectivity index (χ4v) is 2.91. The van der Waals surface area contributed by atoms with Crippen molar-refractivity contribution in [3.8, 4) is 0 Å². The van der Waals surface area contributed by atoms with Crippen LogP contribution in [0.4, 0.5) is 10.3 Å². The van der Waals surface area contributed by atoms with Crippen LogP contribution in [-0.2, 0) is 9.53 Å². The Labute approximate surface area is 151 Å². The number of rotatable bonds is 4. The van der Waals surface area contributed by atoms with Gasteiger partial charge in [-0.3, -0.25) is 4.79 Å². The molecule has 0 aliphatic carbocycles. The second-order valence-corrected chi connectivity index (χ2v) is 5.62. The average molecular weight is 369 g/mol. The van der Waals surface area contributed by atoms with Gasteiger partial charge in [0.1, 0.15) is 17.6 Å². The van der Waals surface area contributed by atoms with Crippen molar-refractivity contribution in [2.24, 2.45) is 0 Å². The van der Waals surface area contributed by atoms with E-state index in [-0.39, 0.29) is 23.0 Å². The van der Waals surface area contributed by atoms with Gasteiger partial charge < -0.3 is 14.5 Å². The molecule has 3 aromatic rings. The van der Waals surface area contributed by atoms with E-state index < -0.39 is 23.6 Å². The number of ketones is 1. The first-order valence-electron chi connectivity index (χ1n) is 7.81. The quantitative estimate of drug-likeness (QED) is 0.547. The lowest BCUT2D eigenvalue weighted by atomic mass is 9.91. The lowest BCUT2D eigenvalue weighted by molar-refractivity contribution is -0.136. The molecule has 1 aliphatic heterocycles. The number of allylic oxidation sites excluding steroid dienone is 1. The van der Waals surface area contributed by atoms with Crippen molar-refractivity contribution in [2.45, 2.75) is 6.04 Å². The van der Waals surface area contributed by atoms with Crippen molar-refractivity contribution in [1.82, 2.24) is 20.2 Å². The van der Waals surface area contributed by atoms with Crippen molar-refractivity contribution in [3.63, 3.8) is 0 Å². The standard InChI is InChI=1S/C17H12FN5O4/c1-26-16(25)13-12(15(24)11-6-3-7-27-11)14(9-4-2-5-10(18)8-9)23-17(19-13)20-21-22-23/h2-8,14H,1H3,(H,19,20,22)/t14-/m1/s1. The molecular weight excluding hydrogens is 357 g/mol. The number of anilines is 1. The Morgan fingerprint density at radius 3 is 2.85 bits per heavy atom. The van der Waals surface area contributed by atoms with E-state index in [1.807, 2.05) is 0 Å². The maximum absolute atomic E-state index is 13.9. The molecule has 4 rings (SSSR count). The third-order valence-corrected chi connectivity index (χ3v) is 4.06. The van der Waals surface area contributed by atoms with Crippen LogP contribution in [0.2, 0.25) is 0 Å². The number of furan rings is 1. The van der Waals surface area contributed by atoms with Crippen LogP contribution in [0, 0.1) is 5.82 Å². The highest BCUT2D eigenvalue weighted by Gasteiger charge is 2.39. The van der Waals surface area contributed by atoms with Gasteiger partial charge in [0, 0.05) is 0 Å². The van der Waals surface area contributed by atoms with Crippen LogP contribution in [0.15, 0.2) is 58.3 Å². The molecule has 2 aromatic heterocycles. The zero-order valence-electron chi connectivity index (χ0n) is 13.9. The molecule has 1 N–H and O–H groups in total. The number of nitrogens with one attached hydrogen (secondary N) is 1. The summed E-state index contributed by atoms with van der Waals surface area (Å²) in [5.74, 6) is -1.76. The highest BCUT2D eigenvalue weighted by Crippen LogP contribution is 2.36. The van der Waals surface area contributed by atoms with Gasteiger partial charge in [-0.05, 0) is 40.3 Å². The summed E-state index contributed by atoms with van der Waals surface area (Å²) in [6.45, 7) is 0. The third-order valence-electron chi connectivity index (χ3n) is 4.06. The van der Waals surface area contributed by atoms with Crippen LogP contribution in [0.1, 0.15) is 22.2 Å². The highest BCUT2D eigenvalue weighted by atomic mass is 19.1. The van der Waals surface area contributed by atoms with Crippen molar-refractivity contribution >= 4 is 17.7 Å². The Balaban J connectivity index is 1.97. The van der Waals surface area contributed by atoms with E-state index in [4.69, 9.17) is 9.15 Å². The van der Waals surface area contributed by atoms with Crippen LogP contribution in [0.25, 0.3) is 0 Å². The third kappa shape index (κ3) is 2.76. The molecular formula is C17H12FN5O4. The van der Waals surface area contributed by atoms with Gasteiger partial charge in [-0.25, -0.2) is 9.18 Å². The van der Waals surface area contributed by atoms with Gasteiger partial charge in [0.2, 0.25) is 11.7 Å². The van der Waals surface area contributed by atoms with Gasteiger partial charge >= 0.3 is 5.97 Å². The number of carbonyl (C=O) groups excluding carboxylic acids is 2. The number of tetrazole rings is 1. The van der Waals surface area contributed by atoms with Crippen molar-refractivity contribution in [2.75, 3.05) is 12.4 Å². The molecule has 136 valence electrons. The van der Waals surface area contributed by atoms with Gasteiger partial charge in [0.05, 0.1) is 18.9 Å². The second kappa shape index (κ2) is 6.48. The maximum Gasteiger partial charge on any atom is 0.355 e. The molecule has 3 heterocycles. The molecule has 1 atom stereocenters. The summed E-state index contributed by atoms with van der Waals surface area (Å²) in [5, 5.41) is 14.0. The Morgan fingerprint density at radius 2 is 2.15 bits per heavy atom. The number of hydrogen-bond acceptors (Lipinski definition) is 8. The number of halogens is 1. The summed E-state index contributed by atoms with van der Waals surface area (Å²) in [7, 11) is 1.18. The normalized spacial score (nSPS) is 15.9. The molecule has 27 heavy (non-hydrogen) atoms. The molecule has 0 saturated carbocycles. The molecule has 0 amide bonds. The van der Waals surface area contributed by atoms with Gasteiger partial charge in [-0.2, -0.15) is 4.68 Å². The lowest BCUT2D eigenvalue weighted by Crippen LogP contribution is -2.32. The Hall–Kier alpha value is -3.82. The van der Waals surface area contributed by atoms with E-state index in [1.165, 1.54) is 42.3 Å². The van der Waals surface area contributed by atoms with E-state index >= 15 is 0 Å². The van der Waals surface area contributed by atoms with Crippen LogP contribution < -0.4 is 5.32 Å². The molecule has 0 bridgehead atoms. The predicted molar refractivity (Wildman–Crippen MR) is 88.1 cm³/mol. The number of esters is 1. The summed E-state index contributed by atoms with van der Waals surface area (Å²) < 4.78 is 25.1. The average Bonchev–Trinajstić information content (AvgIpc) is 3.36. The number of fused-ring (bicyclic) bond motifs is 1. The minimum Gasteiger partial charge on any atom is -0.464 e. The van der Waals surface area contributed by atoms with Crippen LogP contribution in [0.5, 0.6) is 0 Å². The van der Waals surface area contributed by atoms with Gasteiger partial charge in [-0.1, -0.05) is 17.2 Å². The Morgan fingerprint density at radius 1 is 1.30 bits per heavy atom. The Bertz CT molecular complexity index is 1060. The van der Waals surface area contributed by atoms with E-state index in [2.05, 4.69) is 20.8 Å². The van der Waals surface area contributed by atoms with Gasteiger partial charge in [0.15, 0.2) is 5.76 Å². The number of hydrogen-bond donors (Lipinski definition) is 1. The van der Waals surface area contributed by atoms with Crippen molar-refractivity contribution in [3.05, 3.63) is 71.1 Å². The predicted octanol–water partition coefficient (Wildman–Crippen LogP) is 1.73. The lowest BCUT2D eigenvalue weighted by Gasteiger charge is -2.27. The largest absolute Gasteiger partial charge is 0.464 e. The van der Waals surface area contributed by atoms with E-state index in [0.29, 0.717) is 5.56 Å². The molecule has 0 saturated heterocycles. The molecule has 0 unspecified atom stereocenters. The number of Topliss-reactive ketones (excluding diaryl/α,β-unsaturated/α-hetero) is 1. The number of benzene rings is 1. The van der Waals surface area contributed by atoms with Crippen LogP contribution >= 0.6 is 0 Å². The number of ether oxygens (including phenoxy) is 1. The molecule has 0 spiro atoms. The second-order valence-electron chi connectivity index (χ2n) is 5.62. The number of carbonyl (C=O) groups is 2. The molecule has 10 heteroatoms. The van der Waals surface area contributed by atoms with Gasteiger partial charge in [0.25, 0.3) is 0 Å². The highest BCUT2D eigenvalue weighted by molar-refractivity contribution is 6.13. The SMILES string of the molecule is COC(=O)C1=C(C(=O)c2ccco2)[C@@H](c2cccc(F)c2)n2nnnc2N1. The summed E-state index contributed by atoms with van der Waals surface area (Å²) in [6, 6.07) is 7.65. The summed E-state index contributed by atoms with van der Waals surface area (Å²) in [5.41, 5.74) is 0.207. The maximum atomic E-state index is 13.9. The van der Waals surface area contributed by atoms with Crippen LogP contribution in [0.3, 0.4) is 0 Å². The Kier molecular flexibility index (Phi) is 3.99. The topological polar surface area (TPSA) is 112 Å². The number of methoxy groups -OCH3 is 1. The first-order valence-corrected chi connectivity index (χ1v) is 7.81. The molecule has 0 radical (unpaired) electrons. The molecule has 1 aromatic carbocycles. The summed E-state index contributed by atoms with van der Waals surface area (Å²) in [6.07, 6.45) is 1.33. The van der Waals surface area contributed by atoms with E-state index in [9.17, 15) is 14.0 Å². The van der Waals surface area contributed by atoms with Crippen molar-refractivity contribution < 1.29 is 23.1 Å².